The monoisotopic (exact) mass is 249 g/mol. The van der Waals surface area contributed by atoms with Crippen molar-refractivity contribution >= 4 is 0 Å². The molecule has 0 radical (unpaired) electrons. The van der Waals surface area contributed by atoms with Gasteiger partial charge in [-0.15, -0.1) is 0 Å². The van der Waals surface area contributed by atoms with E-state index in [1.165, 1.54) is 0 Å². The van der Waals surface area contributed by atoms with Crippen molar-refractivity contribution in [3.8, 4) is 11.5 Å². The molecule has 0 bridgehead atoms. The molecule has 1 aromatic rings. The van der Waals surface area contributed by atoms with Gasteiger partial charge >= 0.3 is 0 Å². The van der Waals surface area contributed by atoms with E-state index in [9.17, 15) is 5.11 Å². The first kappa shape index (κ1) is 13.2. The number of aromatic hydroxyl groups is 1. The summed E-state index contributed by atoms with van der Waals surface area (Å²) in [5.41, 5.74) is 7.75. The van der Waals surface area contributed by atoms with Gasteiger partial charge in [0.25, 0.3) is 0 Å². The number of benzene rings is 1. The van der Waals surface area contributed by atoms with E-state index in [0.29, 0.717) is 12.3 Å². The third-order valence-electron chi connectivity index (χ3n) is 3.94. The Labute approximate surface area is 109 Å². The van der Waals surface area contributed by atoms with Crippen LogP contribution in [-0.4, -0.2) is 18.8 Å². The molecular weight excluding hydrogens is 226 g/mol. The van der Waals surface area contributed by atoms with Crippen molar-refractivity contribution in [1.29, 1.82) is 0 Å². The summed E-state index contributed by atoms with van der Waals surface area (Å²) in [5.74, 6) is 1.19. The molecule has 1 aliphatic rings. The fraction of sp³-hybridized carbons (Fsp3) is 0.600. The van der Waals surface area contributed by atoms with Gasteiger partial charge in [0, 0.05) is 23.1 Å². The molecule has 1 aliphatic carbocycles. The third-order valence-corrected chi connectivity index (χ3v) is 3.94. The highest BCUT2D eigenvalue weighted by Crippen LogP contribution is 2.52. The summed E-state index contributed by atoms with van der Waals surface area (Å²) in [4.78, 5) is 0. The number of phenolic OH excluding ortho intramolecular Hbond substituents is 1. The lowest BCUT2D eigenvalue weighted by molar-refractivity contribution is 0.394. The minimum Gasteiger partial charge on any atom is -0.508 e. The molecule has 1 fully saturated rings. The topological polar surface area (TPSA) is 55.5 Å². The molecule has 3 N–H and O–H groups in total. The van der Waals surface area contributed by atoms with Crippen LogP contribution < -0.4 is 10.5 Å². The maximum Gasteiger partial charge on any atom is 0.123 e. The van der Waals surface area contributed by atoms with E-state index in [1.807, 2.05) is 12.1 Å². The Hall–Kier alpha value is -1.22. The fourth-order valence-electron chi connectivity index (χ4n) is 2.49. The lowest BCUT2D eigenvalue weighted by Gasteiger charge is -2.24. The van der Waals surface area contributed by atoms with Crippen molar-refractivity contribution in [3.05, 3.63) is 23.3 Å². The summed E-state index contributed by atoms with van der Waals surface area (Å²) in [6, 6.07) is 3.81. The largest absolute Gasteiger partial charge is 0.508 e. The predicted molar refractivity (Wildman–Crippen MR) is 73.3 cm³/mol. The zero-order chi connectivity index (χ0) is 13.6. The minimum absolute atomic E-state index is 0.0270. The second-order valence-electron chi connectivity index (χ2n) is 6.30. The van der Waals surface area contributed by atoms with Crippen LogP contribution in [0.3, 0.4) is 0 Å². The molecule has 18 heavy (non-hydrogen) atoms. The van der Waals surface area contributed by atoms with Crippen molar-refractivity contribution in [3.63, 3.8) is 0 Å². The summed E-state index contributed by atoms with van der Waals surface area (Å²) in [6.45, 7) is 6.85. The highest BCUT2D eigenvalue weighted by Gasteiger charge is 2.45. The summed E-state index contributed by atoms with van der Waals surface area (Å²) in [5, 5.41) is 10.2. The first-order valence-electron chi connectivity index (χ1n) is 6.46. The lowest BCUT2D eigenvalue weighted by atomic mass is 9.83. The maximum absolute atomic E-state index is 10.2. The lowest BCUT2D eigenvalue weighted by Crippen LogP contribution is -2.21. The van der Waals surface area contributed by atoms with Crippen LogP contribution in [-0.2, 0) is 10.8 Å². The quantitative estimate of drug-likeness (QED) is 0.866. The van der Waals surface area contributed by atoms with Gasteiger partial charge < -0.3 is 15.6 Å². The molecule has 0 unspecified atom stereocenters. The number of rotatable bonds is 3. The molecule has 0 amide bonds. The highest BCUT2D eigenvalue weighted by molar-refractivity contribution is 5.53. The molecule has 3 nitrogen and oxygen atoms in total. The predicted octanol–water partition coefficient (Wildman–Crippen LogP) is 2.69. The standard InChI is InChI=1S/C15H23NO2/c1-14(2,3)10-8-13(18-4)11(7-12(10)17)15(9-16)5-6-15/h7-8,17H,5-6,9,16H2,1-4H3. The Morgan fingerprint density at radius 2 is 1.94 bits per heavy atom. The Balaban J connectivity index is 2.54. The number of hydrogen-bond donors (Lipinski definition) is 2. The van der Waals surface area contributed by atoms with Crippen LogP contribution in [0.15, 0.2) is 12.1 Å². The van der Waals surface area contributed by atoms with Crippen molar-refractivity contribution in [2.24, 2.45) is 5.73 Å². The second-order valence-corrected chi connectivity index (χ2v) is 6.30. The Morgan fingerprint density at radius 1 is 1.33 bits per heavy atom. The molecule has 100 valence electrons. The van der Waals surface area contributed by atoms with Crippen LogP contribution in [0.25, 0.3) is 0 Å². The SMILES string of the molecule is COc1cc(C(C)(C)C)c(O)cc1C1(CN)CC1. The molecule has 0 aliphatic heterocycles. The van der Waals surface area contributed by atoms with Gasteiger partial charge in [0.05, 0.1) is 7.11 Å². The fourth-order valence-corrected chi connectivity index (χ4v) is 2.49. The molecular formula is C15H23NO2. The molecule has 0 atom stereocenters. The number of hydrogen-bond acceptors (Lipinski definition) is 3. The van der Waals surface area contributed by atoms with Gasteiger partial charge in [0.1, 0.15) is 11.5 Å². The smallest absolute Gasteiger partial charge is 0.123 e. The molecule has 1 saturated carbocycles. The minimum atomic E-state index is -0.102. The first-order valence-corrected chi connectivity index (χ1v) is 6.46. The van der Waals surface area contributed by atoms with Crippen molar-refractivity contribution < 1.29 is 9.84 Å². The summed E-state index contributed by atoms with van der Waals surface area (Å²) in [6.07, 6.45) is 2.16. The Kier molecular flexibility index (Phi) is 3.06. The first-order chi connectivity index (χ1) is 8.34. The van der Waals surface area contributed by atoms with E-state index in [1.54, 1.807) is 7.11 Å². The Morgan fingerprint density at radius 3 is 2.33 bits per heavy atom. The van der Waals surface area contributed by atoms with Crippen molar-refractivity contribution in [2.45, 2.75) is 44.4 Å². The van der Waals surface area contributed by atoms with Gasteiger partial charge in [0.2, 0.25) is 0 Å². The highest BCUT2D eigenvalue weighted by atomic mass is 16.5. The molecule has 0 heterocycles. The van der Waals surface area contributed by atoms with Gasteiger partial charge in [-0.3, -0.25) is 0 Å². The van der Waals surface area contributed by atoms with Crippen LogP contribution in [0.4, 0.5) is 0 Å². The zero-order valence-electron chi connectivity index (χ0n) is 11.7. The van der Waals surface area contributed by atoms with Gasteiger partial charge in [0.15, 0.2) is 0 Å². The van der Waals surface area contributed by atoms with Crippen molar-refractivity contribution in [2.75, 3.05) is 13.7 Å². The molecule has 0 saturated heterocycles. The maximum atomic E-state index is 10.2. The van der Waals surface area contributed by atoms with Gasteiger partial charge in [-0.2, -0.15) is 0 Å². The summed E-state index contributed by atoms with van der Waals surface area (Å²) >= 11 is 0. The van der Waals surface area contributed by atoms with Crippen LogP contribution >= 0.6 is 0 Å². The summed E-state index contributed by atoms with van der Waals surface area (Å²) in [7, 11) is 1.68. The molecule has 0 aromatic heterocycles. The van der Waals surface area contributed by atoms with E-state index in [4.69, 9.17) is 10.5 Å². The third kappa shape index (κ3) is 2.07. The van der Waals surface area contributed by atoms with E-state index in [0.717, 1.165) is 29.7 Å². The van der Waals surface area contributed by atoms with Crippen molar-refractivity contribution in [1.82, 2.24) is 0 Å². The van der Waals surface area contributed by atoms with Crippen LogP contribution in [0.1, 0.15) is 44.7 Å². The number of nitrogens with two attached hydrogens (primary N) is 1. The van der Waals surface area contributed by atoms with E-state index in [-0.39, 0.29) is 10.8 Å². The normalized spacial score (nSPS) is 17.6. The molecule has 0 spiro atoms. The average Bonchev–Trinajstić information content (AvgIpc) is 3.08. The van der Waals surface area contributed by atoms with Gasteiger partial charge in [-0.05, 0) is 30.4 Å². The summed E-state index contributed by atoms with van der Waals surface area (Å²) < 4.78 is 5.50. The van der Waals surface area contributed by atoms with Crippen LogP contribution in [0.5, 0.6) is 11.5 Å². The van der Waals surface area contributed by atoms with Crippen LogP contribution in [0.2, 0.25) is 0 Å². The van der Waals surface area contributed by atoms with Gasteiger partial charge in [-0.25, -0.2) is 0 Å². The number of methoxy groups -OCH3 is 1. The van der Waals surface area contributed by atoms with E-state index in [2.05, 4.69) is 20.8 Å². The second kappa shape index (κ2) is 4.16. The number of phenols is 1. The Bertz CT molecular complexity index is 456. The van der Waals surface area contributed by atoms with Gasteiger partial charge in [-0.1, -0.05) is 20.8 Å². The molecule has 2 rings (SSSR count). The van der Waals surface area contributed by atoms with E-state index >= 15 is 0 Å². The average molecular weight is 249 g/mol. The number of ether oxygens (including phenoxy) is 1. The van der Waals surface area contributed by atoms with Crippen LogP contribution in [0, 0.1) is 0 Å². The molecule has 1 aromatic carbocycles. The van der Waals surface area contributed by atoms with E-state index < -0.39 is 0 Å². The zero-order valence-corrected chi connectivity index (χ0v) is 11.7. The molecule has 3 heteroatoms.